The number of aliphatic carboxylic acids is 1. The number of carboxylic acids is 1. The summed E-state index contributed by atoms with van der Waals surface area (Å²) in [5, 5.41) is 7.89. The molecule has 0 saturated heterocycles. The minimum absolute atomic E-state index is 0.146. The van der Waals surface area contributed by atoms with Gasteiger partial charge in [-0.05, 0) is 30.2 Å². The molecule has 2 aromatic carbocycles. The van der Waals surface area contributed by atoms with Crippen molar-refractivity contribution >= 4 is 28.2 Å². The Morgan fingerprint density at radius 3 is 1.77 bits per heavy atom. The molecule has 5 nitrogen and oxygen atoms in total. The van der Waals surface area contributed by atoms with E-state index in [4.69, 9.17) is 5.11 Å². The lowest BCUT2D eigenvalue weighted by molar-refractivity contribution is -0.132. The first-order valence-electron chi connectivity index (χ1n) is 7.56. The summed E-state index contributed by atoms with van der Waals surface area (Å²) < 4.78 is 32.1. The maximum absolute atomic E-state index is 11.4. The van der Waals surface area contributed by atoms with Crippen LogP contribution < -0.4 is 0 Å². The van der Waals surface area contributed by atoms with Gasteiger partial charge in [-0.3, -0.25) is 4.55 Å². The number of allylic oxidation sites excluding steroid dienone is 1. The number of carbonyl (C=O) groups is 1. The van der Waals surface area contributed by atoms with Crippen molar-refractivity contribution in [3.8, 4) is 0 Å². The van der Waals surface area contributed by atoms with Gasteiger partial charge in [-0.2, -0.15) is 8.42 Å². The third-order valence-corrected chi connectivity index (χ3v) is 3.86. The van der Waals surface area contributed by atoms with Gasteiger partial charge in [0, 0.05) is 5.57 Å². The molecule has 0 amide bonds. The van der Waals surface area contributed by atoms with Crippen LogP contribution in [-0.4, -0.2) is 24.0 Å². The zero-order valence-electron chi connectivity index (χ0n) is 14.2. The van der Waals surface area contributed by atoms with Crippen LogP contribution >= 0.6 is 0 Å². The minimum Gasteiger partial charge on any atom is -0.478 e. The Morgan fingerprint density at radius 1 is 0.962 bits per heavy atom. The molecule has 2 aromatic rings. The Balaban J connectivity index is 0.000000487. The molecular formula is C20H20O5S. The normalized spacial score (nSPS) is 11.5. The van der Waals surface area contributed by atoms with E-state index in [-0.39, 0.29) is 10.5 Å². The monoisotopic (exact) mass is 372 g/mol. The molecule has 0 radical (unpaired) electrons. The zero-order valence-corrected chi connectivity index (χ0v) is 15.1. The molecule has 0 aliphatic rings. The standard InChI is InChI=1S/C16H14O3S.C4H6O2/c17-20(18,19)16(13-15-9-5-2-6-10-15)12-11-14-7-3-1-4-8-14;1-3(2)4(5)6/h1-13H,(H,17,18,19);1H2,2H3,(H,5,6). The lowest BCUT2D eigenvalue weighted by Crippen LogP contribution is -1.99. The highest BCUT2D eigenvalue weighted by atomic mass is 32.2. The molecule has 0 aromatic heterocycles. The first-order chi connectivity index (χ1) is 12.2. The maximum Gasteiger partial charge on any atom is 0.330 e. The summed E-state index contributed by atoms with van der Waals surface area (Å²) in [6, 6.07) is 18.2. The van der Waals surface area contributed by atoms with Gasteiger partial charge in [0.15, 0.2) is 0 Å². The second-order valence-corrected chi connectivity index (χ2v) is 6.68. The largest absolute Gasteiger partial charge is 0.478 e. The Labute approximate surface area is 153 Å². The Hall–Kier alpha value is -2.96. The van der Waals surface area contributed by atoms with Crippen molar-refractivity contribution in [1.29, 1.82) is 0 Å². The summed E-state index contributed by atoms with van der Waals surface area (Å²) in [7, 11) is -4.26. The molecular weight excluding hydrogens is 352 g/mol. The third-order valence-electron chi connectivity index (χ3n) is 3.01. The number of hydrogen-bond acceptors (Lipinski definition) is 3. The van der Waals surface area contributed by atoms with E-state index >= 15 is 0 Å². The van der Waals surface area contributed by atoms with Crippen molar-refractivity contribution < 1.29 is 22.9 Å². The first-order valence-corrected chi connectivity index (χ1v) is 9.00. The van der Waals surface area contributed by atoms with Gasteiger partial charge in [-0.1, -0.05) is 73.3 Å². The van der Waals surface area contributed by atoms with Gasteiger partial charge in [-0.25, -0.2) is 4.79 Å². The molecule has 0 aliphatic carbocycles. The van der Waals surface area contributed by atoms with Crippen LogP contribution in [0.25, 0.3) is 12.2 Å². The molecule has 0 fully saturated rings. The fourth-order valence-corrected chi connectivity index (χ4v) is 2.19. The summed E-state index contributed by atoms with van der Waals surface area (Å²) in [4.78, 5) is 9.45. The lowest BCUT2D eigenvalue weighted by atomic mass is 10.2. The summed E-state index contributed by atoms with van der Waals surface area (Å²) in [5.41, 5.74) is 1.74. The quantitative estimate of drug-likeness (QED) is 0.464. The second-order valence-electron chi connectivity index (χ2n) is 5.26. The van der Waals surface area contributed by atoms with E-state index in [1.54, 1.807) is 30.3 Å². The summed E-state index contributed by atoms with van der Waals surface area (Å²) in [6.07, 6.45) is 4.45. The van der Waals surface area contributed by atoms with Crippen molar-refractivity contribution in [3.63, 3.8) is 0 Å². The minimum atomic E-state index is -4.26. The maximum atomic E-state index is 11.4. The van der Waals surface area contributed by atoms with Gasteiger partial charge in [0.25, 0.3) is 10.1 Å². The Kier molecular flexibility index (Phi) is 8.21. The summed E-state index contributed by atoms with van der Waals surface area (Å²) in [6.45, 7) is 4.60. The molecule has 0 heterocycles. The van der Waals surface area contributed by atoms with Gasteiger partial charge in [0.1, 0.15) is 0 Å². The highest BCUT2D eigenvalue weighted by Gasteiger charge is 2.10. The second kappa shape index (κ2) is 10.1. The van der Waals surface area contributed by atoms with E-state index in [2.05, 4.69) is 6.58 Å². The molecule has 0 aliphatic heterocycles. The van der Waals surface area contributed by atoms with E-state index in [0.29, 0.717) is 5.56 Å². The molecule has 136 valence electrons. The van der Waals surface area contributed by atoms with Gasteiger partial charge in [0.2, 0.25) is 0 Å². The third kappa shape index (κ3) is 8.23. The van der Waals surface area contributed by atoms with Gasteiger partial charge in [0.05, 0.1) is 4.91 Å². The predicted octanol–water partition coefficient (Wildman–Crippen LogP) is 4.28. The van der Waals surface area contributed by atoms with Crippen LogP contribution in [0.1, 0.15) is 18.1 Å². The van der Waals surface area contributed by atoms with Gasteiger partial charge >= 0.3 is 5.97 Å². The van der Waals surface area contributed by atoms with E-state index in [1.165, 1.54) is 19.1 Å². The molecule has 0 saturated carbocycles. The van der Waals surface area contributed by atoms with E-state index in [9.17, 15) is 17.8 Å². The smallest absolute Gasteiger partial charge is 0.330 e. The molecule has 0 unspecified atom stereocenters. The number of benzene rings is 2. The average molecular weight is 372 g/mol. The van der Waals surface area contributed by atoms with E-state index in [0.717, 1.165) is 5.56 Å². The number of carboxylic acid groups (broad SMARTS) is 1. The van der Waals surface area contributed by atoms with Crippen LogP contribution in [0, 0.1) is 0 Å². The Bertz CT molecular complexity index is 884. The van der Waals surface area contributed by atoms with Crippen molar-refractivity contribution in [1.82, 2.24) is 0 Å². The molecule has 0 atom stereocenters. The van der Waals surface area contributed by atoms with Crippen LogP contribution in [0.4, 0.5) is 0 Å². The van der Waals surface area contributed by atoms with Crippen molar-refractivity contribution in [3.05, 3.63) is 94.9 Å². The van der Waals surface area contributed by atoms with Crippen LogP contribution in [0.2, 0.25) is 0 Å². The van der Waals surface area contributed by atoms with Crippen LogP contribution in [0.5, 0.6) is 0 Å². The van der Waals surface area contributed by atoms with Crippen molar-refractivity contribution in [2.75, 3.05) is 0 Å². The molecule has 26 heavy (non-hydrogen) atoms. The van der Waals surface area contributed by atoms with E-state index < -0.39 is 16.1 Å². The topological polar surface area (TPSA) is 91.7 Å². The van der Waals surface area contributed by atoms with Crippen molar-refractivity contribution in [2.24, 2.45) is 0 Å². The SMILES string of the molecule is C=C(C)C(=O)O.O=S(=O)(O)C(C=Cc1ccccc1)=Cc1ccccc1. The fourth-order valence-electron chi connectivity index (χ4n) is 1.66. The molecule has 6 heteroatoms. The summed E-state index contributed by atoms with van der Waals surface area (Å²) in [5.74, 6) is -0.935. The zero-order chi connectivity index (χ0) is 19.6. The van der Waals surface area contributed by atoms with Gasteiger partial charge < -0.3 is 5.11 Å². The first kappa shape index (κ1) is 21.1. The lowest BCUT2D eigenvalue weighted by Gasteiger charge is -1.99. The number of hydrogen-bond donors (Lipinski definition) is 2. The predicted molar refractivity (Wildman–Crippen MR) is 104 cm³/mol. The van der Waals surface area contributed by atoms with Crippen molar-refractivity contribution in [2.45, 2.75) is 6.92 Å². The van der Waals surface area contributed by atoms with Crippen LogP contribution in [-0.2, 0) is 14.9 Å². The highest BCUT2D eigenvalue weighted by Crippen LogP contribution is 2.14. The molecule has 2 N–H and O–H groups in total. The van der Waals surface area contributed by atoms with Gasteiger partial charge in [-0.15, -0.1) is 0 Å². The summed E-state index contributed by atoms with van der Waals surface area (Å²) >= 11 is 0. The molecule has 0 spiro atoms. The molecule has 2 rings (SSSR count). The Morgan fingerprint density at radius 2 is 1.38 bits per heavy atom. The number of rotatable bonds is 5. The van der Waals surface area contributed by atoms with Crippen LogP contribution in [0.3, 0.4) is 0 Å². The average Bonchev–Trinajstić information content (AvgIpc) is 2.60. The fraction of sp³-hybridized carbons (Fsp3) is 0.0500. The molecule has 0 bridgehead atoms. The highest BCUT2D eigenvalue weighted by molar-refractivity contribution is 7.90. The van der Waals surface area contributed by atoms with Crippen LogP contribution in [0.15, 0.2) is 83.8 Å². The van der Waals surface area contributed by atoms with E-state index in [1.807, 2.05) is 36.4 Å².